The first-order chi connectivity index (χ1) is 11.1. The predicted octanol–water partition coefficient (Wildman–Crippen LogP) is 3.46. The van der Waals surface area contributed by atoms with E-state index in [1.54, 1.807) is 40.4 Å². The smallest absolute Gasteiger partial charge is 0.262 e. The molecule has 0 atom stereocenters. The minimum atomic E-state index is -0.00885. The van der Waals surface area contributed by atoms with Crippen LogP contribution in [0.3, 0.4) is 0 Å². The molecule has 0 amide bonds. The fourth-order valence-electron chi connectivity index (χ4n) is 2.91. The quantitative estimate of drug-likeness (QED) is 0.756. The van der Waals surface area contributed by atoms with Crippen LogP contribution < -0.4 is 10.9 Å². The average Bonchev–Trinajstić information content (AvgIpc) is 2.92. The molecule has 118 valence electrons. The van der Waals surface area contributed by atoms with E-state index in [1.807, 2.05) is 0 Å². The standard InChI is InChI=1S/C16H13Cl2N3OS/c17-10-1-2-12(18)9(5-10)7-21-8-20-15-14(16(21)22)11-3-4-19-6-13(11)23-15/h1-2,5,8,19H,3-4,6-7H2. The molecule has 3 heterocycles. The molecule has 0 fully saturated rings. The van der Waals surface area contributed by atoms with Gasteiger partial charge in [-0.05, 0) is 42.3 Å². The van der Waals surface area contributed by atoms with Crippen molar-refractivity contribution in [2.75, 3.05) is 6.54 Å². The lowest BCUT2D eigenvalue weighted by Crippen LogP contribution is -2.25. The summed E-state index contributed by atoms with van der Waals surface area (Å²) >= 11 is 13.8. The minimum Gasteiger partial charge on any atom is -0.312 e. The number of nitrogens with one attached hydrogen (secondary N) is 1. The number of halogens is 2. The molecular formula is C16H13Cl2N3OS. The van der Waals surface area contributed by atoms with E-state index in [9.17, 15) is 4.79 Å². The number of benzene rings is 1. The molecule has 1 aliphatic heterocycles. The summed E-state index contributed by atoms with van der Waals surface area (Å²) in [6.07, 6.45) is 2.46. The molecule has 0 spiro atoms. The second-order valence-electron chi connectivity index (χ2n) is 5.52. The highest BCUT2D eigenvalue weighted by atomic mass is 35.5. The van der Waals surface area contributed by atoms with Gasteiger partial charge in [0.05, 0.1) is 18.3 Å². The van der Waals surface area contributed by atoms with Gasteiger partial charge >= 0.3 is 0 Å². The molecule has 2 aromatic heterocycles. The van der Waals surface area contributed by atoms with Crippen LogP contribution in [0.1, 0.15) is 16.0 Å². The molecular weight excluding hydrogens is 353 g/mol. The summed E-state index contributed by atoms with van der Waals surface area (Å²) in [6, 6.07) is 5.27. The van der Waals surface area contributed by atoms with E-state index in [1.165, 1.54) is 4.88 Å². The molecule has 0 radical (unpaired) electrons. The molecule has 7 heteroatoms. The first-order valence-corrected chi connectivity index (χ1v) is 8.85. The number of hydrogen-bond donors (Lipinski definition) is 1. The van der Waals surface area contributed by atoms with Crippen molar-refractivity contribution in [3.05, 3.63) is 60.9 Å². The van der Waals surface area contributed by atoms with Crippen LogP contribution in [0.15, 0.2) is 29.3 Å². The van der Waals surface area contributed by atoms with Crippen LogP contribution in [0.5, 0.6) is 0 Å². The Morgan fingerprint density at radius 1 is 1.35 bits per heavy atom. The Balaban J connectivity index is 1.83. The zero-order valence-corrected chi connectivity index (χ0v) is 14.4. The molecule has 0 saturated heterocycles. The van der Waals surface area contributed by atoms with Crippen LogP contribution in [-0.4, -0.2) is 16.1 Å². The predicted molar refractivity (Wildman–Crippen MR) is 94.9 cm³/mol. The molecule has 1 aliphatic rings. The van der Waals surface area contributed by atoms with Crippen molar-refractivity contribution in [3.63, 3.8) is 0 Å². The number of hydrogen-bond acceptors (Lipinski definition) is 4. The topological polar surface area (TPSA) is 46.9 Å². The van der Waals surface area contributed by atoms with Gasteiger partial charge in [0, 0.05) is 21.5 Å². The lowest BCUT2D eigenvalue weighted by Gasteiger charge is -2.12. The summed E-state index contributed by atoms with van der Waals surface area (Å²) in [6.45, 7) is 2.08. The second kappa shape index (κ2) is 5.91. The van der Waals surface area contributed by atoms with Crippen LogP contribution in [0.4, 0.5) is 0 Å². The number of nitrogens with zero attached hydrogens (tertiary/aromatic N) is 2. The van der Waals surface area contributed by atoms with E-state index >= 15 is 0 Å². The van der Waals surface area contributed by atoms with E-state index < -0.39 is 0 Å². The summed E-state index contributed by atoms with van der Waals surface area (Å²) in [5.41, 5.74) is 1.95. The Labute approximate surface area is 146 Å². The Hall–Kier alpha value is -1.40. The maximum Gasteiger partial charge on any atom is 0.262 e. The summed E-state index contributed by atoms with van der Waals surface area (Å²) in [4.78, 5) is 19.4. The highest BCUT2D eigenvalue weighted by molar-refractivity contribution is 7.18. The average molecular weight is 366 g/mol. The Morgan fingerprint density at radius 3 is 3.09 bits per heavy atom. The number of rotatable bonds is 2. The molecule has 0 saturated carbocycles. The first-order valence-electron chi connectivity index (χ1n) is 7.28. The third-order valence-corrected chi connectivity index (χ3v) is 5.79. The van der Waals surface area contributed by atoms with Crippen molar-refractivity contribution in [1.82, 2.24) is 14.9 Å². The van der Waals surface area contributed by atoms with Crippen LogP contribution in [0.2, 0.25) is 10.0 Å². The van der Waals surface area contributed by atoms with Crippen molar-refractivity contribution < 1.29 is 0 Å². The molecule has 1 aromatic carbocycles. The SMILES string of the molecule is O=c1c2c3c(sc2ncn1Cc1cc(Cl)ccc1Cl)CNCC3. The lowest BCUT2D eigenvalue weighted by atomic mass is 10.1. The van der Waals surface area contributed by atoms with E-state index in [4.69, 9.17) is 23.2 Å². The Kier molecular flexibility index (Phi) is 3.89. The summed E-state index contributed by atoms with van der Waals surface area (Å²) in [7, 11) is 0. The fraction of sp³-hybridized carbons (Fsp3) is 0.250. The van der Waals surface area contributed by atoms with Gasteiger partial charge < -0.3 is 5.32 Å². The van der Waals surface area contributed by atoms with Crippen LogP contribution in [0.25, 0.3) is 10.2 Å². The van der Waals surface area contributed by atoms with Crippen LogP contribution in [0, 0.1) is 0 Å². The Bertz CT molecular complexity index is 964. The second-order valence-corrected chi connectivity index (χ2v) is 7.45. The molecule has 4 nitrogen and oxygen atoms in total. The minimum absolute atomic E-state index is 0.00885. The number of fused-ring (bicyclic) bond motifs is 3. The van der Waals surface area contributed by atoms with Gasteiger partial charge in [-0.15, -0.1) is 11.3 Å². The van der Waals surface area contributed by atoms with Gasteiger partial charge in [0.1, 0.15) is 4.83 Å². The Morgan fingerprint density at radius 2 is 2.22 bits per heavy atom. The van der Waals surface area contributed by atoms with Gasteiger partial charge in [-0.25, -0.2) is 4.98 Å². The van der Waals surface area contributed by atoms with Gasteiger partial charge in [-0.2, -0.15) is 0 Å². The summed E-state index contributed by atoms with van der Waals surface area (Å²) < 4.78 is 1.61. The lowest BCUT2D eigenvalue weighted by molar-refractivity contribution is 0.656. The zero-order valence-electron chi connectivity index (χ0n) is 12.1. The maximum atomic E-state index is 12.9. The monoisotopic (exact) mass is 365 g/mol. The number of thiophene rings is 1. The van der Waals surface area contributed by atoms with Gasteiger partial charge in [-0.3, -0.25) is 9.36 Å². The molecule has 23 heavy (non-hydrogen) atoms. The normalized spacial score (nSPS) is 14.2. The molecule has 3 aromatic rings. The van der Waals surface area contributed by atoms with Gasteiger partial charge in [0.25, 0.3) is 5.56 Å². The molecule has 0 aliphatic carbocycles. The van der Waals surface area contributed by atoms with E-state index in [2.05, 4.69) is 10.3 Å². The molecule has 0 unspecified atom stereocenters. The number of aromatic nitrogens is 2. The van der Waals surface area contributed by atoms with Gasteiger partial charge in [0.2, 0.25) is 0 Å². The van der Waals surface area contributed by atoms with Crippen LogP contribution in [-0.2, 0) is 19.5 Å². The largest absolute Gasteiger partial charge is 0.312 e. The summed E-state index contributed by atoms with van der Waals surface area (Å²) in [5.74, 6) is 0. The van der Waals surface area contributed by atoms with E-state index in [0.717, 1.165) is 40.9 Å². The van der Waals surface area contributed by atoms with Crippen molar-refractivity contribution in [2.45, 2.75) is 19.5 Å². The van der Waals surface area contributed by atoms with Gasteiger partial charge in [-0.1, -0.05) is 23.2 Å². The first kappa shape index (κ1) is 15.1. The third-order valence-electron chi connectivity index (χ3n) is 4.05. The van der Waals surface area contributed by atoms with E-state index in [-0.39, 0.29) is 5.56 Å². The van der Waals surface area contributed by atoms with Gasteiger partial charge in [0.15, 0.2) is 0 Å². The molecule has 1 N–H and O–H groups in total. The van der Waals surface area contributed by atoms with Crippen molar-refractivity contribution >= 4 is 44.8 Å². The highest BCUT2D eigenvalue weighted by Crippen LogP contribution is 2.30. The maximum absolute atomic E-state index is 12.9. The fourth-order valence-corrected chi connectivity index (χ4v) is 4.43. The third kappa shape index (κ3) is 2.68. The van der Waals surface area contributed by atoms with Crippen molar-refractivity contribution in [3.8, 4) is 0 Å². The van der Waals surface area contributed by atoms with Crippen molar-refractivity contribution in [2.24, 2.45) is 0 Å². The van der Waals surface area contributed by atoms with Crippen LogP contribution >= 0.6 is 34.5 Å². The zero-order chi connectivity index (χ0) is 16.0. The molecule has 4 rings (SSSR count). The van der Waals surface area contributed by atoms with Crippen molar-refractivity contribution in [1.29, 1.82) is 0 Å². The molecule has 0 bridgehead atoms. The van der Waals surface area contributed by atoms with E-state index in [0.29, 0.717) is 16.6 Å². The highest BCUT2D eigenvalue weighted by Gasteiger charge is 2.19. The summed E-state index contributed by atoms with van der Waals surface area (Å²) in [5, 5.41) is 5.29.